The predicted octanol–water partition coefficient (Wildman–Crippen LogP) is 3.18. The Labute approximate surface area is 190 Å². The molecule has 0 aliphatic heterocycles. The summed E-state index contributed by atoms with van der Waals surface area (Å²) in [5.41, 5.74) is -4.86. The lowest BCUT2D eigenvalue weighted by atomic mass is 10.1. The van der Waals surface area contributed by atoms with E-state index in [1.165, 1.54) is 12.4 Å². The van der Waals surface area contributed by atoms with Gasteiger partial charge in [0.1, 0.15) is 0 Å². The standard InChI is InChI=1S/C18H12F5N5O3S2/c1-28-15(30)11(14(32)27-17(28)31)8(24)4-10(29)26-16-25-9(5-33-16)6-2-3-7(18(21,22)23)13(20)12(6)19/h2-3,5,24,32H,4H2,1H3,(H,27,31)(H,25,26,29). The van der Waals surface area contributed by atoms with Crippen molar-refractivity contribution in [3.63, 3.8) is 0 Å². The molecule has 0 unspecified atom stereocenters. The number of aromatic nitrogens is 3. The Hall–Kier alpha value is -3.33. The van der Waals surface area contributed by atoms with E-state index in [-0.39, 0.29) is 21.4 Å². The van der Waals surface area contributed by atoms with E-state index in [4.69, 9.17) is 5.41 Å². The summed E-state index contributed by atoms with van der Waals surface area (Å²) in [5, 5.41) is 11.2. The Morgan fingerprint density at radius 2 is 1.94 bits per heavy atom. The number of nitrogens with zero attached hydrogens (tertiary/aromatic N) is 2. The molecule has 0 aliphatic carbocycles. The second-order valence-corrected chi connectivity index (χ2v) is 7.85. The number of anilines is 1. The van der Waals surface area contributed by atoms with Crippen LogP contribution in [0.4, 0.5) is 27.1 Å². The highest BCUT2D eigenvalue weighted by molar-refractivity contribution is 7.80. The van der Waals surface area contributed by atoms with Crippen LogP contribution >= 0.6 is 24.0 Å². The lowest BCUT2D eigenvalue weighted by molar-refractivity contribution is -0.140. The normalized spacial score (nSPS) is 11.5. The van der Waals surface area contributed by atoms with Crippen LogP contribution in [0.25, 0.3) is 11.3 Å². The average Bonchev–Trinajstić information content (AvgIpc) is 3.15. The van der Waals surface area contributed by atoms with Crippen molar-refractivity contribution < 1.29 is 26.7 Å². The van der Waals surface area contributed by atoms with Crippen molar-refractivity contribution in [3.05, 3.63) is 61.1 Å². The third kappa shape index (κ3) is 4.88. The number of carbonyl (C=O) groups is 1. The average molecular weight is 505 g/mol. The van der Waals surface area contributed by atoms with Crippen molar-refractivity contribution in [2.45, 2.75) is 17.6 Å². The number of halogens is 5. The summed E-state index contributed by atoms with van der Waals surface area (Å²) in [6.07, 6.45) is -5.69. The Kier molecular flexibility index (Phi) is 6.56. The molecule has 0 spiro atoms. The zero-order valence-corrected chi connectivity index (χ0v) is 18.0. The minimum absolute atomic E-state index is 0.108. The van der Waals surface area contributed by atoms with Crippen molar-refractivity contribution in [1.82, 2.24) is 14.5 Å². The van der Waals surface area contributed by atoms with Crippen LogP contribution in [-0.4, -0.2) is 26.2 Å². The molecule has 0 atom stereocenters. The maximum Gasteiger partial charge on any atom is 0.419 e. The van der Waals surface area contributed by atoms with E-state index >= 15 is 0 Å². The van der Waals surface area contributed by atoms with Gasteiger partial charge in [0, 0.05) is 18.0 Å². The molecule has 2 aromatic heterocycles. The van der Waals surface area contributed by atoms with Gasteiger partial charge in [-0.3, -0.25) is 14.2 Å². The first-order chi connectivity index (χ1) is 15.3. The maximum atomic E-state index is 14.2. The number of amides is 1. The van der Waals surface area contributed by atoms with Gasteiger partial charge in [-0.05, 0) is 12.1 Å². The minimum atomic E-state index is -5.07. The van der Waals surface area contributed by atoms with Crippen LogP contribution in [0.1, 0.15) is 17.5 Å². The summed E-state index contributed by atoms with van der Waals surface area (Å²) in [7, 11) is 1.17. The highest BCUT2D eigenvalue weighted by Crippen LogP contribution is 2.36. The molecule has 3 N–H and O–H groups in total. The van der Waals surface area contributed by atoms with Crippen LogP contribution in [0.2, 0.25) is 0 Å². The lowest BCUT2D eigenvalue weighted by Crippen LogP contribution is -2.37. The molecule has 0 saturated carbocycles. The molecule has 2 heterocycles. The highest BCUT2D eigenvalue weighted by atomic mass is 32.1. The molecule has 3 aromatic rings. The number of hydrogen-bond acceptors (Lipinski definition) is 7. The van der Waals surface area contributed by atoms with Crippen molar-refractivity contribution in [2.75, 3.05) is 5.32 Å². The van der Waals surface area contributed by atoms with Crippen molar-refractivity contribution in [2.24, 2.45) is 7.05 Å². The largest absolute Gasteiger partial charge is 0.419 e. The Bertz CT molecular complexity index is 1390. The van der Waals surface area contributed by atoms with Gasteiger partial charge < -0.3 is 15.7 Å². The van der Waals surface area contributed by atoms with Crippen LogP contribution in [0.3, 0.4) is 0 Å². The summed E-state index contributed by atoms with van der Waals surface area (Å²) < 4.78 is 66.8. The maximum absolute atomic E-state index is 14.2. The topological polar surface area (TPSA) is 121 Å². The third-order valence-corrected chi connectivity index (χ3v) is 5.43. The molecule has 0 radical (unpaired) electrons. The molecule has 0 bridgehead atoms. The van der Waals surface area contributed by atoms with E-state index in [0.717, 1.165) is 17.4 Å². The van der Waals surface area contributed by atoms with Gasteiger partial charge in [-0.25, -0.2) is 18.6 Å². The zero-order chi connectivity index (χ0) is 24.7. The number of rotatable bonds is 5. The number of aromatic amines is 1. The minimum Gasteiger partial charge on any atom is -0.304 e. The number of H-pyrrole nitrogens is 1. The Balaban J connectivity index is 1.78. The molecule has 0 aliphatic rings. The van der Waals surface area contributed by atoms with Gasteiger partial charge in [0.15, 0.2) is 16.8 Å². The summed E-state index contributed by atoms with van der Waals surface area (Å²) >= 11 is 4.72. The Morgan fingerprint density at radius 1 is 1.27 bits per heavy atom. The SMILES string of the molecule is Cn1c(=O)[nH]c(S)c(C(=N)CC(=O)Nc2nc(-c3ccc(C(F)(F)F)c(F)c3F)cs2)c1=O. The zero-order valence-electron chi connectivity index (χ0n) is 16.3. The van der Waals surface area contributed by atoms with Crippen LogP contribution in [0.5, 0.6) is 0 Å². The number of thiol groups is 1. The van der Waals surface area contributed by atoms with Gasteiger partial charge in [-0.2, -0.15) is 13.2 Å². The number of nitrogens with one attached hydrogen (secondary N) is 3. The van der Waals surface area contributed by atoms with Gasteiger partial charge in [0.25, 0.3) is 5.56 Å². The number of carbonyl (C=O) groups excluding carboxylic acids is 1. The molecule has 8 nitrogen and oxygen atoms in total. The summed E-state index contributed by atoms with van der Waals surface area (Å²) in [4.78, 5) is 42.0. The van der Waals surface area contributed by atoms with Gasteiger partial charge >= 0.3 is 11.9 Å². The quantitative estimate of drug-likeness (QED) is 0.184. The molecule has 1 aromatic carbocycles. The van der Waals surface area contributed by atoms with E-state index in [1.807, 2.05) is 0 Å². The number of benzene rings is 1. The number of alkyl halides is 3. The fraction of sp³-hybridized carbons (Fsp3) is 0.167. The first-order valence-corrected chi connectivity index (χ1v) is 10.0. The van der Waals surface area contributed by atoms with E-state index in [0.29, 0.717) is 10.6 Å². The van der Waals surface area contributed by atoms with Gasteiger partial charge in [-0.15, -0.1) is 24.0 Å². The van der Waals surface area contributed by atoms with E-state index in [9.17, 15) is 36.3 Å². The van der Waals surface area contributed by atoms with Crippen molar-refractivity contribution in [1.29, 1.82) is 5.41 Å². The van der Waals surface area contributed by atoms with Gasteiger partial charge in [0.2, 0.25) is 5.91 Å². The van der Waals surface area contributed by atoms with Gasteiger partial charge in [-0.1, -0.05) is 0 Å². The van der Waals surface area contributed by atoms with E-state index < -0.39 is 58.2 Å². The van der Waals surface area contributed by atoms with Crippen molar-refractivity contribution >= 4 is 40.7 Å². The predicted molar refractivity (Wildman–Crippen MR) is 112 cm³/mol. The van der Waals surface area contributed by atoms with Gasteiger partial charge in [0.05, 0.1) is 34.0 Å². The second kappa shape index (κ2) is 8.90. The molecule has 3 rings (SSSR count). The third-order valence-electron chi connectivity index (χ3n) is 4.34. The summed E-state index contributed by atoms with van der Waals surface area (Å²) in [6.45, 7) is 0. The monoisotopic (exact) mass is 505 g/mol. The lowest BCUT2D eigenvalue weighted by Gasteiger charge is -2.10. The molecular weight excluding hydrogens is 493 g/mol. The van der Waals surface area contributed by atoms with E-state index in [2.05, 4.69) is 27.9 Å². The molecule has 0 saturated heterocycles. The smallest absolute Gasteiger partial charge is 0.304 e. The summed E-state index contributed by atoms with van der Waals surface area (Å²) in [5.74, 6) is -4.62. The number of thiazole rings is 1. The molecule has 1 amide bonds. The van der Waals surface area contributed by atoms with E-state index in [1.54, 1.807) is 0 Å². The molecule has 174 valence electrons. The highest BCUT2D eigenvalue weighted by Gasteiger charge is 2.36. The molecule has 0 fully saturated rings. The Morgan fingerprint density at radius 3 is 2.58 bits per heavy atom. The molecule has 15 heteroatoms. The number of hydrogen-bond donors (Lipinski definition) is 4. The fourth-order valence-corrected chi connectivity index (χ4v) is 3.77. The first kappa shape index (κ1) is 24.3. The van der Waals surface area contributed by atoms with Crippen LogP contribution in [-0.2, 0) is 18.0 Å². The summed E-state index contributed by atoms with van der Waals surface area (Å²) in [6, 6.07) is 1.10. The molecule has 33 heavy (non-hydrogen) atoms. The van der Waals surface area contributed by atoms with Crippen LogP contribution < -0.4 is 16.6 Å². The van der Waals surface area contributed by atoms with Crippen molar-refractivity contribution in [3.8, 4) is 11.3 Å². The van der Waals surface area contributed by atoms with Crippen LogP contribution in [0.15, 0.2) is 32.1 Å². The second-order valence-electron chi connectivity index (χ2n) is 6.55. The fourth-order valence-electron chi connectivity index (χ4n) is 2.71. The molecular formula is C18H12F5N5O3S2. The van der Waals surface area contributed by atoms with Crippen LogP contribution in [0, 0.1) is 17.0 Å². The first-order valence-electron chi connectivity index (χ1n) is 8.72.